The number of aromatic nitrogens is 2. The van der Waals surface area contributed by atoms with Gasteiger partial charge in [0.15, 0.2) is 5.82 Å². The lowest BCUT2D eigenvalue weighted by Gasteiger charge is -2.06. The summed E-state index contributed by atoms with van der Waals surface area (Å²) < 4.78 is 15.8. The molecule has 0 saturated carbocycles. The van der Waals surface area contributed by atoms with Crippen LogP contribution in [0.4, 0.5) is 0 Å². The van der Waals surface area contributed by atoms with E-state index in [2.05, 4.69) is 10.1 Å². The molecule has 1 unspecified atom stereocenters. The van der Waals surface area contributed by atoms with Gasteiger partial charge in [-0.25, -0.2) is 0 Å². The van der Waals surface area contributed by atoms with E-state index in [0.29, 0.717) is 24.9 Å². The van der Waals surface area contributed by atoms with Gasteiger partial charge in [0.05, 0.1) is 19.8 Å². The Morgan fingerprint density at radius 3 is 3.00 bits per heavy atom. The van der Waals surface area contributed by atoms with E-state index in [1.807, 2.05) is 31.2 Å². The number of ether oxygens (including phenoxy) is 2. The van der Waals surface area contributed by atoms with Crippen LogP contribution in [0.1, 0.15) is 25.2 Å². The van der Waals surface area contributed by atoms with Crippen LogP contribution in [0.5, 0.6) is 5.75 Å². The average Bonchev–Trinajstić information content (AvgIpc) is 2.97. The van der Waals surface area contributed by atoms with Crippen LogP contribution in [-0.4, -0.2) is 30.5 Å². The number of benzene rings is 1. The van der Waals surface area contributed by atoms with Gasteiger partial charge >= 0.3 is 0 Å². The third kappa shape index (κ3) is 3.55. The van der Waals surface area contributed by atoms with Crippen molar-refractivity contribution in [3.63, 3.8) is 0 Å². The van der Waals surface area contributed by atoms with Crippen molar-refractivity contribution < 1.29 is 14.0 Å². The summed E-state index contributed by atoms with van der Waals surface area (Å²) in [7, 11) is 1.61. The maximum Gasteiger partial charge on any atom is 0.258 e. The van der Waals surface area contributed by atoms with Crippen LogP contribution in [0.15, 0.2) is 28.8 Å². The predicted molar refractivity (Wildman–Crippen MR) is 74.3 cm³/mol. The fourth-order valence-electron chi connectivity index (χ4n) is 1.69. The first-order chi connectivity index (χ1) is 9.74. The summed E-state index contributed by atoms with van der Waals surface area (Å²) in [6.07, 6.45) is 0.952. The second-order valence-electron chi connectivity index (χ2n) is 4.37. The van der Waals surface area contributed by atoms with Crippen molar-refractivity contribution in [2.24, 2.45) is 5.73 Å². The Morgan fingerprint density at radius 2 is 2.25 bits per heavy atom. The number of nitrogens with two attached hydrogens (primary N) is 1. The highest BCUT2D eigenvalue weighted by molar-refractivity contribution is 5.55. The van der Waals surface area contributed by atoms with E-state index in [1.54, 1.807) is 7.11 Å². The van der Waals surface area contributed by atoms with E-state index < -0.39 is 0 Å². The molecule has 1 aromatic carbocycles. The van der Waals surface area contributed by atoms with Crippen LogP contribution in [0, 0.1) is 0 Å². The molecule has 108 valence electrons. The first kappa shape index (κ1) is 14.5. The van der Waals surface area contributed by atoms with Gasteiger partial charge in [0.2, 0.25) is 0 Å². The topological polar surface area (TPSA) is 83.4 Å². The molecule has 2 N–H and O–H groups in total. The molecule has 0 aliphatic carbocycles. The molecule has 2 aromatic rings. The maximum absolute atomic E-state index is 5.95. The van der Waals surface area contributed by atoms with Gasteiger partial charge in [-0.3, -0.25) is 0 Å². The van der Waals surface area contributed by atoms with Crippen LogP contribution in [0.3, 0.4) is 0 Å². The molecule has 0 saturated heterocycles. The van der Waals surface area contributed by atoms with Gasteiger partial charge in [0.1, 0.15) is 5.75 Å². The number of methoxy groups -OCH3 is 1. The van der Waals surface area contributed by atoms with Gasteiger partial charge in [-0.1, -0.05) is 18.1 Å². The summed E-state index contributed by atoms with van der Waals surface area (Å²) in [6.45, 7) is 3.10. The third-order valence-electron chi connectivity index (χ3n) is 2.74. The Balaban J connectivity index is 2.07. The van der Waals surface area contributed by atoms with Crippen LogP contribution < -0.4 is 10.5 Å². The molecule has 1 atom stereocenters. The Labute approximate surface area is 117 Å². The number of rotatable bonds is 7. The standard InChI is InChI=1S/C14H19N3O3/c1-3-7-19-9-12(15)13-16-14(20-17-13)10-5-4-6-11(8-10)18-2/h4-6,8,12H,3,7,9,15H2,1-2H3. The van der Waals surface area contributed by atoms with E-state index in [9.17, 15) is 0 Å². The molecular weight excluding hydrogens is 258 g/mol. The molecule has 6 heteroatoms. The van der Waals surface area contributed by atoms with E-state index >= 15 is 0 Å². The van der Waals surface area contributed by atoms with Crippen LogP contribution in [0.25, 0.3) is 11.5 Å². The van der Waals surface area contributed by atoms with Crippen LogP contribution in [-0.2, 0) is 4.74 Å². The van der Waals surface area contributed by atoms with Crippen molar-refractivity contribution >= 4 is 0 Å². The highest BCUT2D eigenvalue weighted by atomic mass is 16.5. The fourth-order valence-corrected chi connectivity index (χ4v) is 1.69. The zero-order chi connectivity index (χ0) is 14.4. The van der Waals surface area contributed by atoms with E-state index in [1.165, 1.54) is 0 Å². The highest BCUT2D eigenvalue weighted by Gasteiger charge is 2.15. The lowest BCUT2D eigenvalue weighted by atomic mass is 10.2. The second-order valence-corrected chi connectivity index (χ2v) is 4.37. The second kappa shape index (κ2) is 7.02. The summed E-state index contributed by atoms with van der Waals surface area (Å²) in [5.41, 5.74) is 6.74. The van der Waals surface area contributed by atoms with E-state index in [-0.39, 0.29) is 6.04 Å². The van der Waals surface area contributed by atoms with Crippen molar-refractivity contribution in [1.82, 2.24) is 10.1 Å². The molecule has 1 heterocycles. The third-order valence-corrected chi connectivity index (χ3v) is 2.74. The van der Waals surface area contributed by atoms with Gasteiger partial charge in [0, 0.05) is 12.2 Å². The Hall–Kier alpha value is -1.92. The molecule has 2 rings (SSSR count). The smallest absolute Gasteiger partial charge is 0.258 e. The van der Waals surface area contributed by atoms with Gasteiger partial charge in [0.25, 0.3) is 5.89 Å². The summed E-state index contributed by atoms with van der Waals surface area (Å²) >= 11 is 0. The zero-order valence-corrected chi connectivity index (χ0v) is 11.7. The van der Waals surface area contributed by atoms with Crippen molar-refractivity contribution in [2.75, 3.05) is 20.3 Å². The fraction of sp³-hybridized carbons (Fsp3) is 0.429. The maximum atomic E-state index is 5.95. The molecular formula is C14H19N3O3. The van der Waals surface area contributed by atoms with E-state index in [0.717, 1.165) is 17.7 Å². The molecule has 0 radical (unpaired) electrons. The minimum absolute atomic E-state index is 0.380. The Morgan fingerprint density at radius 1 is 1.40 bits per heavy atom. The minimum Gasteiger partial charge on any atom is -0.497 e. The zero-order valence-electron chi connectivity index (χ0n) is 11.7. The summed E-state index contributed by atoms with van der Waals surface area (Å²) in [6, 6.07) is 7.03. The predicted octanol–water partition coefficient (Wildman–Crippen LogP) is 2.17. The number of nitrogens with zero attached hydrogens (tertiary/aromatic N) is 2. The van der Waals surface area contributed by atoms with Crippen LogP contribution >= 0.6 is 0 Å². The van der Waals surface area contributed by atoms with Crippen molar-refractivity contribution in [2.45, 2.75) is 19.4 Å². The van der Waals surface area contributed by atoms with Crippen LogP contribution in [0.2, 0.25) is 0 Å². The minimum atomic E-state index is -0.385. The molecule has 0 amide bonds. The first-order valence-corrected chi connectivity index (χ1v) is 6.56. The summed E-state index contributed by atoms with van der Waals surface area (Å²) in [5, 5.41) is 3.89. The molecule has 6 nitrogen and oxygen atoms in total. The van der Waals surface area contributed by atoms with Crippen molar-refractivity contribution in [1.29, 1.82) is 0 Å². The molecule has 0 spiro atoms. The molecule has 0 aliphatic rings. The normalized spacial score (nSPS) is 12.3. The van der Waals surface area contributed by atoms with Gasteiger partial charge in [-0.05, 0) is 24.6 Å². The summed E-state index contributed by atoms with van der Waals surface area (Å²) in [5.74, 6) is 1.60. The van der Waals surface area contributed by atoms with Crippen molar-refractivity contribution in [3.8, 4) is 17.2 Å². The van der Waals surface area contributed by atoms with E-state index in [4.69, 9.17) is 19.7 Å². The number of hydrogen-bond acceptors (Lipinski definition) is 6. The average molecular weight is 277 g/mol. The molecule has 1 aromatic heterocycles. The lowest BCUT2D eigenvalue weighted by Crippen LogP contribution is -2.18. The van der Waals surface area contributed by atoms with Gasteiger partial charge < -0.3 is 19.7 Å². The lowest BCUT2D eigenvalue weighted by molar-refractivity contribution is 0.119. The van der Waals surface area contributed by atoms with Crippen molar-refractivity contribution in [3.05, 3.63) is 30.1 Å². The van der Waals surface area contributed by atoms with Gasteiger partial charge in [-0.15, -0.1) is 0 Å². The molecule has 20 heavy (non-hydrogen) atoms. The largest absolute Gasteiger partial charge is 0.497 e. The Kier molecular flexibility index (Phi) is 5.09. The molecule has 0 fully saturated rings. The molecule has 0 bridgehead atoms. The Bertz CT molecular complexity index is 542. The number of hydrogen-bond donors (Lipinski definition) is 1. The first-order valence-electron chi connectivity index (χ1n) is 6.56. The molecule has 0 aliphatic heterocycles. The summed E-state index contributed by atoms with van der Waals surface area (Å²) in [4.78, 5) is 4.30. The monoisotopic (exact) mass is 277 g/mol. The quantitative estimate of drug-likeness (QED) is 0.781. The SMILES string of the molecule is CCCOCC(N)c1noc(-c2cccc(OC)c2)n1. The highest BCUT2D eigenvalue weighted by Crippen LogP contribution is 2.23. The van der Waals surface area contributed by atoms with Gasteiger partial charge in [-0.2, -0.15) is 4.98 Å².